The first-order valence-corrected chi connectivity index (χ1v) is 7.44. The van der Waals surface area contributed by atoms with E-state index in [1.807, 2.05) is 7.05 Å². The normalized spacial score (nSPS) is 18.2. The van der Waals surface area contributed by atoms with Crippen LogP contribution in [0.1, 0.15) is 23.9 Å². The number of aromatic nitrogens is 2. The summed E-state index contributed by atoms with van der Waals surface area (Å²) in [5.41, 5.74) is 2.79. The zero-order valence-electron chi connectivity index (χ0n) is 11.3. The van der Waals surface area contributed by atoms with Gasteiger partial charge in [-0.15, -0.1) is 10.2 Å². The molecule has 19 heavy (non-hydrogen) atoms. The van der Waals surface area contributed by atoms with Crippen molar-refractivity contribution in [3.05, 3.63) is 34.8 Å². The Morgan fingerprint density at radius 3 is 3.00 bits per heavy atom. The summed E-state index contributed by atoms with van der Waals surface area (Å²) in [5, 5.41) is 13.4. The molecule has 2 aromatic rings. The molecule has 1 aromatic carbocycles. The molecule has 1 aliphatic heterocycles. The number of anilines is 2. The van der Waals surface area contributed by atoms with Crippen molar-refractivity contribution in [2.45, 2.75) is 32.4 Å². The van der Waals surface area contributed by atoms with Crippen molar-refractivity contribution < 1.29 is 0 Å². The Hall–Kier alpha value is -1.62. The number of para-hydroxylation sites is 1. The second kappa shape index (κ2) is 5.17. The first kappa shape index (κ1) is 12.4. The first-order valence-electron chi connectivity index (χ1n) is 6.62. The van der Waals surface area contributed by atoms with Gasteiger partial charge in [-0.05, 0) is 31.4 Å². The molecule has 1 atom stereocenters. The van der Waals surface area contributed by atoms with E-state index >= 15 is 0 Å². The molecule has 0 bridgehead atoms. The number of hydrogen-bond acceptors (Lipinski definition) is 5. The molecule has 0 saturated heterocycles. The van der Waals surface area contributed by atoms with Crippen molar-refractivity contribution in [2.24, 2.45) is 0 Å². The van der Waals surface area contributed by atoms with E-state index < -0.39 is 0 Å². The van der Waals surface area contributed by atoms with Gasteiger partial charge in [0.25, 0.3) is 0 Å². The standard InChI is InChI=1S/C14H18N4S/c1-10-7-8-11-5-3-4-6-12(11)18(10)9-13-16-17-14(15-2)19-13/h3-6,10H,7-9H2,1-2H3,(H,15,17). The van der Waals surface area contributed by atoms with Crippen molar-refractivity contribution >= 4 is 22.2 Å². The largest absolute Gasteiger partial charge is 0.363 e. The van der Waals surface area contributed by atoms with Crippen LogP contribution in [0.4, 0.5) is 10.8 Å². The number of rotatable bonds is 3. The fourth-order valence-corrected chi connectivity index (χ4v) is 3.26. The van der Waals surface area contributed by atoms with Gasteiger partial charge in [0.2, 0.25) is 5.13 Å². The second-order valence-electron chi connectivity index (χ2n) is 4.90. The average molecular weight is 274 g/mol. The second-order valence-corrected chi connectivity index (χ2v) is 5.96. The number of aryl methyl sites for hydroxylation is 1. The summed E-state index contributed by atoms with van der Waals surface area (Å²) in [6.45, 7) is 3.13. The third kappa shape index (κ3) is 2.42. The molecule has 100 valence electrons. The van der Waals surface area contributed by atoms with Gasteiger partial charge in [-0.25, -0.2) is 0 Å². The molecule has 0 spiro atoms. The van der Waals surface area contributed by atoms with Crippen LogP contribution in [0.25, 0.3) is 0 Å². The summed E-state index contributed by atoms with van der Waals surface area (Å²) in [7, 11) is 1.88. The highest BCUT2D eigenvalue weighted by atomic mass is 32.1. The van der Waals surface area contributed by atoms with Crippen molar-refractivity contribution in [1.82, 2.24) is 10.2 Å². The lowest BCUT2D eigenvalue weighted by Crippen LogP contribution is -2.36. The predicted molar refractivity (Wildman–Crippen MR) is 79.9 cm³/mol. The lowest BCUT2D eigenvalue weighted by molar-refractivity contribution is 0.558. The highest BCUT2D eigenvalue weighted by molar-refractivity contribution is 7.15. The number of nitrogens with zero attached hydrogens (tertiary/aromatic N) is 3. The summed E-state index contributed by atoms with van der Waals surface area (Å²) in [5.74, 6) is 0. The van der Waals surface area contributed by atoms with Crippen LogP contribution < -0.4 is 10.2 Å². The van der Waals surface area contributed by atoms with E-state index in [1.54, 1.807) is 11.3 Å². The number of benzene rings is 1. The van der Waals surface area contributed by atoms with Crippen LogP contribution in [0.3, 0.4) is 0 Å². The SMILES string of the molecule is CNc1nnc(CN2c3ccccc3CCC2C)s1. The van der Waals surface area contributed by atoms with Gasteiger partial charge < -0.3 is 10.2 Å². The van der Waals surface area contributed by atoms with Gasteiger partial charge in [0.15, 0.2) is 0 Å². The van der Waals surface area contributed by atoms with Crippen LogP contribution in [0, 0.1) is 0 Å². The summed E-state index contributed by atoms with van der Waals surface area (Å²) in [6, 6.07) is 9.23. The van der Waals surface area contributed by atoms with Crippen molar-refractivity contribution in [2.75, 3.05) is 17.3 Å². The number of fused-ring (bicyclic) bond motifs is 1. The smallest absolute Gasteiger partial charge is 0.205 e. The van der Waals surface area contributed by atoms with Crippen molar-refractivity contribution in [3.8, 4) is 0 Å². The molecule has 0 fully saturated rings. The van der Waals surface area contributed by atoms with Crippen molar-refractivity contribution in [3.63, 3.8) is 0 Å². The minimum atomic E-state index is 0.553. The Labute approximate surface area is 117 Å². The lowest BCUT2D eigenvalue weighted by atomic mass is 9.97. The zero-order chi connectivity index (χ0) is 13.2. The van der Waals surface area contributed by atoms with Crippen LogP contribution in [0.5, 0.6) is 0 Å². The van der Waals surface area contributed by atoms with Crippen LogP contribution in [0.2, 0.25) is 0 Å². The molecule has 4 nitrogen and oxygen atoms in total. The molecule has 0 radical (unpaired) electrons. The maximum atomic E-state index is 4.25. The highest BCUT2D eigenvalue weighted by Crippen LogP contribution is 2.32. The van der Waals surface area contributed by atoms with E-state index in [2.05, 4.69) is 51.6 Å². The Morgan fingerprint density at radius 1 is 1.37 bits per heavy atom. The molecule has 2 heterocycles. The summed E-state index contributed by atoms with van der Waals surface area (Å²) < 4.78 is 0. The van der Waals surface area contributed by atoms with Crippen LogP contribution in [-0.2, 0) is 13.0 Å². The molecule has 1 unspecified atom stereocenters. The van der Waals surface area contributed by atoms with Crippen LogP contribution in [0.15, 0.2) is 24.3 Å². The summed E-state index contributed by atoms with van der Waals surface area (Å²) >= 11 is 1.63. The Kier molecular flexibility index (Phi) is 3.38. The number of nitrogens with one attached hydrogen (secondary N) is 1. The molecule has 1 N–H and O–H groups in total. The van der Waals surface area contributed by atoms with E-state index in [9.17, 15) is 0 Å². The highest BCUT2D eigenvalue weighted by Gasteiger charge is 2.23. The molecular formula is C14H18N4S. The van der Waals surface area contributed by atoms with Gasteiger partial charge in [-0.1, -0.05) is 29.5 Å². The Balaban J connectivity index is 1.87. The van der Waals surface area contributed by atoms with Gasteiger partial charge in [-0.2, -0.15) is 0 Å². The fraction of sp³-hybridized carbons (Fsp3) is 0.429. The maximum Gasteiger partial charge on any atom is 0.205 e. The van der Waals surface area contributed by atoms with Gasteiger partial charge in [-0.3, -0.25) is 0 Å². The van der Waals surface area contributed by atoms with Gasteiger partial charge >= 0.3 is 0 Å². The Morgan fingerprint density at radius 2 is 2.21 bits per heavy atom. The predicted octanol–water partition coefficient (Wildman–Crippen LogP) is 2.92. The molecule has 1 aromatic heterocycles. The van der Waals surface area contributed by atoms with Crippen molar-refractivity contribution in [1.29, 1.82) is 0 Å². The molecule has 1 aliphatic rings. The zero-order valence-corrected chi connectivity index (χ0v) is 12.1. The summed E-state index contributed by atoms with van der Waals surface area (Å²) in [6.07, 6.45) is 2.38. The molecule has 0 aliphatic carbocycles. The molecule has 3 rings (SSSR count). The molecule has 0 saturated carbocycles. The molecular weight excluding hydrogens is 256 g/mol. The van der Waals surface area contributed by atoms with Gasteiger partial charge in [0.1, 0.15) is 5.01 Å². The molecule has 0 amide bonds. The minimum Gasteiger partial charge on any atom is -0.363 e. The van der Waals surface area contributed by atoms with Crippen LogP contribution in [-0.4, -0.2) is 23.3 Å². The fourth-order valence-electron chi connectivity index (χ4n) is 2.57. The quantitative estimate of drug-likeness (QED) is 0.934. The monoisotopic (exact) mass is 274 g/mol. The third-order valence-electron chi connectivity index (χ3n) is 3.65. The molecule has 5 heteroatoms. The third-order valence-corrected chi connectivity index (χ3v) is 4.58. The number of hydrogen-bond donors (Lipinski definition) is 1. The summed E-state index contributed by atoms with van der Waals surface area (Å²) in [4.78, 5) is 2.44. The minimum absolute atomic E-state index is 0.553. The van der Waals surface area contributed by atoms with Crippen LogP contribution >= 0.6 is 11.3 Å². The maximum absolute atomic E-state index is 4.25. The topological polar surface area (TPSA) is 41.1 Å². The van der Waals surface area contributed by atoms with Gasteiger partial charge in [0, 0.05) is 18.8 Å². The lowest BCUT2D eigenvalue weighted by Gasteiger charge is -2.36. The Bertz CT molecular complexity index is 566. The van der Waals surface area contributed by atoms with E-state index in [0.717, 1.165) is 16.7 Å². The van der Waals surface area contributed by atoms with E-state index in [1.165, 1.54) is 24.1 Å². The first-order chi connectivity index (χ1) is 9.28. The average Bonchev–Trinajstić information content (AvgIpc) is 2.90. The van der Waals surface area contributed by atoms with E-state index in [0.29, 0.717) is 6.04 Å². The van der Waals surface area contributed by atoms with E-state index in [4.69, 9.17) is 0 Å². The van der Waals surface area contributed by atoms with E-state index in [-0.39, 0.29) is 0 Å². The van der Waals surface area contributed by atoms with Gasteiger partial charge in [0.05, 0.1) is 6.54 Å².